The van der Waals surface area contributed by atoms with Crippen molar-refractivity contribution in [3.05, 3.63) is 22.7 Å². The van der Waals surface area contributed by atoms with E-state index in [4.69, 9.17) is 0 Å². The molecule has 0 aliphatic rings. The van der Waals surface area contributed by atoms with Gasteiger partial charge in [-0.15, -0.1) is 0 Å². The normalized spacial score (nSPS) is 12.4. The summed E-state index contributed by atoms with van der Waals surface area (Å²) in [6, 6.07) is 0.278. The van der Waals surface area contributed by atoms with Crippen molar-refractivity contribution in [3.8, 4) is 0 Å². The molecule has 4 nitrogen and oxygen atoms in total. The molecule has 0 saturated heterocycles. The molecular weight excluding hydrogens is 210 g/mol. The molecule has 0 aliphatic carbocycles. The molecule has 0 bridgehead atoms. The molecule has 1 aromatic rings. The fourth-order valence-electron chi connectivity index (χ4n) is 1.16. The first-order valence-corrected chi connectivity index (χ1v) is 6.27. The standard InChI is InChI=1S/C10H17N3OS/c1-3-15-7-4-8(2)13-9-10(14)12-6-5-11-9/h5-6,8H,3-4,7H2,1-2H3,(H,11,13)(H,12,14). The van der Waals surface area contributed by atoms with Crippen LogP contribution in [0.25, 0.3) is 0 Å². The van der Waals surface area contributed by atoms with Crippen LogP contribution in [-0.4, -0.2) is 27.5 Å². The average molecular weight is 227 g/mol. The third kappa shape index (κ3) is 4.38. The second kappa shape index (κ2) is 6.50. The van der Waals surface area contributed by atoms with Crippen LogP contribution in [0.5, 0.6) is 0 Å². The first kappa shape index (κ1) is 12.1. The lowest BCUT2D eigenvalue weighted by Gasteiger charge is -2.12. The molecule has 0 spiro atoms. The summed E-state index contributed by atoms with van der Waals surface area (Å²) in [6.07, 6.45) is 4.15. The predicted octanol–water partition coefficient (Wildman–Crippen LogP) is 1.71. The molecule has 0 saturated carbocycles. The Morgan fingerprint density at radius 3 is 3.13 bits per heavy atom. The van der Waals surface area contributed by atoms with Crippen molar-refractivity contribution in [2.24, 2.45) is 0 Å². The topological polar surface area (TPSA) is 57.8 Å². The molecule has 0 radical (unpaired) electrons. The van der Waals surface area contributed by atoms with Crippen LogP contribution in [-0.2, 0) is 0 Å². The third-order valence-electron chi connectivity index (χ3n) is 1.99. The summed E-state index contributed by atoms with van der Waals surface area (Å²) < 4.78 is 0. The molecule has 2 N–H and O–H groups in total. The molecule has 0 aliphatic heterocycles. The van der Waals surface area contributed by atoms with E-state index in [2.05, 4.69) is 29.1 Å². The smallest absolute Gasteiger partial charge is 0.290 e. The summed E-state index contributed by atoms with van der Waals surface area (Å²) in [5, 5.41) is 3.10. The van der Waals surface area contributed by atoms with Gasteiger partial charge >= 0.3 is 0 Å². The van der Waals surface area contributed by atoms with E-state index in [1.165, 1.54) is 6.20 Å². The maximum absolute atomic E-state index is 11.3. The van der Waals surface area contributed by atoms with E-state index in [0.29, 0.717) is 5.82 Å². The summed E-state index contributed by atoms with van der Waals surface area (Å²) in [5.74, 6) is 2.65. The Balaban J connectivity index is 2.41. The first-order chi connectivity index (χ1) is 7.24. The molecular formula is C10H17N3OS. The highest BCUT2D eigenvalue weighted by atomic mass is 32.2. The molecule has 0 aromatic carbocycles. The minimum atomic E-state index is -0.160. The van der Waals surface area contributed by atoms with Crippen molar-refractivity contribution in [1.29, 1.82) is 0 Å². The van der Waals surface area contributed by atoms with Gasteiger partial charge in [0.15, 0.2) is 5.82 Å². The summed E-state index contributed by atoms with van der Waals surface area (Å²) >= 11 is 1.90. The molecule has 84 valence electrons. The third-order valence-corrected chi connectivity index (χ3v) is 2.92. The lowest BCUT2D eigenvalue weighted by atomic mass is 10.2. The number of hydrogen-bond acceptors (Lipinski definition) is 4. The maximum Gasteiger partial charge on any atom is 0.290 e. The predicted molar refractivity (Wildman–Crippen MR) is 65.6 cm³/mol. The van der Waals surface area contributed by atoms with Crippen LogP contribution in [0.15, 0.2) is 17.2 Å². The Bertz CT molecular complexity index is 339. The number of aromatic nitrogens is 2. The number of rotatable bonds is 6. The van der Waals surface area contributed by atoms with Crippen molar-refractivity contribution in [2.75, 3.05) is 16.8 Å². The highest BCUT2D eigenvalue weighted by Crippen LogP contribution is 2.06. The number of aromatic amines is 1. The van der Waals surface area contributed by atoms with Crippen LogP contribution in [0.1, 0.15) is 20.3 Å². The first-order valence-electron chi connectivity index (χ1n) is 5.12. The summed E-state index contributed by atoms with van der Waals surface area (Å²) in [6.45, 7) is 4.20. The largest absolute Gasteiger partial charge is 0.363 e. The number of anilines is 1. The number of H-pyrrole nitrogens is 1. The van der Waals surface area contributed by atoms with Crippen molar-refractivity contribution in [2.45, 2.75) is 26.3 Å². The molecule has 1 rings (SSSR count). The van der Waals surface area contributed by atoms with Gasteiger partial charge in [0.2, 0.25) is 0 Å². The molecule has 5 heteroatoms. The molecule has 1 atom stereocenters. The van der Waals surface area contributed by atoms with Crippen molar-refractivity contribution in [3.63, 3.8) is 0 Å². The van der Waals surface area contributed by atoms with Crippen molar-refractivity contribution >= 4 is 17.6 Å². The Kier molecular flexibility index (Phi) is 5.25. The highest BCUT2D eigenvalue weighted by Gasteiger charge is 2.05. The lowest BCUT2D eigenvalue weighted by Crippen LogP contribution is -2.23. The van der Waals surface area contributed by atoms with Gasteiger partial charge in [0.1, 0.15) is 0 Å². The van der Waals surface area contributed by atoms with Gasteiger partial charge < -0.3 is 10.3 Å². The summed E-state index contributed by atoms with van der Waals surface area (Å²) in [7, 11) is 0. The van der Waals surface area contributed by atoms with Crippen molar-refractivity contribution < 1.29 is 0 Å². The van der Waals surface area contributed by atoms with Gasteiger partial charge in [-0.3, -0.25) is 4.79 Å². The fraction of sp³-hybridized carbons (Fsp3) is 0.600. The average Bonchev–Trinajstić information content (AvgIpc) is 2.22. The second-order valence-electron chi connectivity index (χ2n) is 3.30. The molecule has 0 fully saturated rings. The molecule has 15 heavy (non-hydrogen) atoms. The van der Waals surface area contributed by atoms with Crippen LogP contribution in [0.3, 0.4) is 0 Å². The Morgan fingerprint density at radius 1 is 1.67 bits per heavy atom. The van der Waals surface area contributed by atoms with Crippen LogP contribution >= 0.6 is 11.8 Å². The van der Waals surface area contributed by atoms with Gasteiger partial charge in [0, 0.05) is 18.4 Å². The lowest BCUT2D eigenvalue weighted by molar-refractivity contribution is 0.763. The number of thioether (sulfide) groups is 1. The van der Waals surface area contributed by atoms with E-state index in [1.54, 1.807) is 6.20 Å². The number of nitrogens with zero attached hydrogens (tertiary/aromatic N) is 1. The maximum atomic E-state index is 11.3. The van der Waals surface area contributed by atoms with Crippen LogP contribution in [0, 0.1) is 0 Å². The Hall–Kier alpha value is -0.970. The second-order valence-corrected chi connectivity index (χ2v) is 4.69. The van der Waals surface area contributed by atoms with Crippen LogP contribution < -0.4 is 10.9 Å². The zero-order valence-corrected chi connectivity index (χ0v) is 9.93. The van der Waals surface area contributed by atoms with E-state index in [0.717, 1.165) is 17.9 Å². The zero-order valence-electron chi connectivity index (χ0n) is 9.12. The van der Waals surface area contributed by atoms with Gasteiger partial charge in [-0.1, -0.05) is 6.92 Å². The summed E-state index contributed by atoms with van der Waals surface area (Å²) in [5.41, 5.74) is -0.160. The Morgan fingerprint density at radius 2 is 2.47 bits per heavy atom. The SMILES string of the molecule is CCSCCC(C)Nc1ncc[nH]c1=O. The monoisotopic (exact) mass is 227 g/mol. The van der Waals surface area contributed by atoms with E-state index in [9.17, 15) is 4.79 Å². The fourth-order valence-corrected chi connectivity index (χ4v) is 1.97. The van der Waals surface area contributed by atoms with E-state index < -0.39 is 0 Å². The number of hydrogen-bond donors (Lipinski definition) is 2. The van der Waals surface area contributed by atoms with E-state index >= 15 is 0 Å². The Labute approximate surface area is 93.9 Å². The summed E-state index contributed by atoms with van der Waals surface area (Å²) in [4.78, 5) is 17.9. The number of nitrogens with one attached hydrogen (secondary N) is 2. The minimum Gasteiger partial charge on any atom is -0.363 e. The van der Waals surface area contributed by atoms with Crippen LogP contribution in [0.2, 0.25) is 0 Å². The van der Waals surface area contributed by atoms with Crippen molar-refractivity contribution in [1.82, 2.24) is 9.97 Å². The molecule has 0 amide bonds. The quantitative estimate of drug-likeness (QED) is 0.726. The van der Waals surface area contributed by atoms with Gasteiger partial charge in [-0.2, -0.15) is 11.8 Å². The van der Waals surface area contributed by atoms with E-state index in [1.807, 2.05) is 11.8 Å². The molecule has 1 aromatic heterocycles. The minimum absolute atomic E-state index is 0.160. The van der Waals surface area contributed by atoms with E-state index in [-0.39, 0.29) is 11.6 Å². The van der Waals surface area contributed by atoms with Gasteiger partial charge in [-0.05, 0) is 24.9 Å². The highest BCUT2D eigenvalue weighted by molar-refractivity contribution is 7.99. The molecule has 1 unspecified atom stereocenters. The van der Waals surface area contributed by atoms with Crippen LogP contribution in [0.4, 0.5) is 5.82 Å². The van der Waals surface area contributed by atoms with Gasteiger partial charge in [0.25, 0.3) is 5.56 Å². The zero-order chi connectivity index (χ0) is 11.1. The van der Waals surface area contributed by atoms with Gasteiger partial charge in [0.05, 0.1) is 0 Å². The van der Waals surface area contributed by atoms with Gasteiger partial charge in [-0.25, -0.2) is 4.98 Å². The molecule has 1 heterocycles.